The Morgan fingerprint density at radius 1 is 1.43 bits per heavy atom. The van der Waals surface area contributed by atoms with Crippen molar-refractivity contribution in [3.8, 4) is 0 Å². The Hall–Kier alpha value is -2.42. The largest absolute Gasteiger partial charge is 0.391 e. The molecule has 1 amide bonds. The second-order valence-electron chi connectivity index (χ2n) is 6.50. The van der Waals surface area contributed by atoms with Crippen molar-refractivity contribution in [2.45, 2.75) is 24.3 Å². The van der Waals surface area contributed by atoms with Crippen LogP contribution in [0.5, 0.6) is 0 Å². The van der Waals surface area contributed by atoms with Crippen molar-refractivity contribution >= 4 is 28.6 Å². The van der Waals surface area contributed by atoms with Gasteiger partial charge in [0.1, 0.15) is 18.1 Å². The van der Waals surface area contributed by atoms with Gasteiger partial charge in [0.2, 0.25) is 0 Å². The van der Waals surface area contributed by atoms with E-state index in [9.17, 15) is 14.3 Å². The Kier molecular flexibility index (Phi) is 6.33. The zero-order valence-corrected chi connectivity index (χ0v) is 16.7. The minimum Gasteiger partial charge on any atom is -0.391 e. The number of fused-ring (bicyclic) bond motifs is 1. The van der Waals surface area contributed by atoms with Crippen LogP contribution in [0.2, 0.25) is 0 Å². The average molecular weight is 403 g/mol. The summed E-state index contributed by atoms with van der Waals surface area (Å²) in [6.45, 7) is 1.53. The summed E-state index contributed by atoms with van der Waals surface area (Å²) in [7, 11) is 1.77. The minimum absolute atomic E-state index is 0.0304. The fourth-order valence-corrected chi connectivity index (χ4v) is 3.52. The molecule has 1 aromatic carbocycles. The van der Waals surface area contributed by atoms with Gasteiger partial charge in [0.05, 0.1) is 11.6 Å². The van der Waals surface area contributed by atoms with Crippen LogP contribution in [-0.2, 0) is 18.3 Å². The first-order valence-electron chi connectivity index (χ1n) is 8.76. The number of nitrogens with one attached hydrogen (secondary N) is 1. The number of rotatable bonds is 7. The monoisotopic (exact) mass is 403 g/mol. The van der Waals surface area contributed by atoms with Crippen LogP contribution in [0.15, 0.2) is 41.6 Å². The van der Waals surface area contributed by atoms with Gasteiger partial charge in [-0.2, -0.15) is 0 Å². The molecule has 2 heterocycles. The van der Waals surface area contributed by atoms with E-state index in [-0.39, 0.29) is 18.8 Å². The predicted molar refractivity (Wildman–Crippen MR) is 107 cm³/mol. The van der Waals surface area contributed by atoms with Crippen molar-refractivity contribution < 1.29 is 19.1 Å². The molecular weight excluding hydrogens is 381 g/mol. The molecule has 0 radical (unpaired) electrons. The summed E-state index contributed by atoms with van der Waals surface area (Å²) in [4.78, 5) is 22.8. The molecule has 0 aliphatic carbocycles. The standard InChI is InChI=1S/C20H22FN3O3S/c1-12(25)11-27-23-20(26)19-15(16-10-22-7-6-18(16)24(19)2)8-13-4-5-14(28-3)9-17(13)21/h4-7,9-10,12,25H,8,11H2,1-3H3,(H,23,26)/t12-/m0/s1. The number of benzene rings is 1. The van der Waals surface area contributed by atoms with E-state index >= 15 is 0 Å². The van der Waals surface area contributed by atoms with Gasteiger partial charge in [-0.15, -0.1) is 11.8 Å². The van der Waals surface area contributed by atoms with Crippen LogP contribution in [0.1, 0.15) is 28.5 Å². The Labute approximate surface area is 166 Å². The van der Waals surface area contributed by atoms with E-state index in [0.717, 1.165) is 15.8 Å². The van der Waals surface area contributed by atoms with Crippen LogP contribution in [0.25, 0.3) is 10.9 Å². The van der Waals surface area contributed by atoms with Gasteiger partial charge in [0.15, 0.2) is 0 Å². The van der Waals surface area contributed by atoms with E-state index in [1.54, 1.807) is 43.1 Å². The molecule has 1 atom stereocenters. The molecule has 3 rings (SSSR count). The highest BCUT2D eigenvalue weighted by atomic mass is 32.2. The number of nitrogens with zero attached hydrogens (tertiary/aromatic N) is 2. The smallest absolute Gasteiger partial charge is 0.291 e. The molecule has 3 aromatic rings. The molecule has 2 aromatic heterocycles. The quantitative estimate of drug-likeness (QED) is 0.468. The Bertz CT molecular complexity index is 1000. The molecule has 8 heteroatoms. The average Bonchev–Trinajstić information content (AvgIpc) is 2.95. The van der Waals surface area contributed by atoms with Crippen molar-refractivity contribution in [1.82, 2.24) is 15.0 Å². The maximum atomic E-state index is 14.6. The number of halogens is 1. The van der Waals surface area contributed by atoms with Crippen LogP contribution in [0.3, 0.4) is 0 Å². The van der Waals surface area contributed by atoms with Crippen LogP contribution in [-0.4, -0.2) is 39.5 Å². The number of hydrogen-bond acceptors (Lipinski definition) is 5. The van der Waals surface area contributed by atoms with Crippen molar-refractivity contribution in [3.63, 3.8) is 0 Å². The summed E-state index contributed by atoms with van der Waals surface area (Å²) < 4.78 is 16.3. The minimum atomic E-state index is -0.708. The first kappa shape index (κ1) is 20.3. The molecule has 148 valence electrons. The third-order valence-corrected chi connectivity index (χ3v) is 5.16. The van der Waals surface area contributed by atoms with Gasteiger partial charge in [-0.25, -0.2) is 9.87 Å². The van der Waals surface area contributed by atoms with E-state index in [1.165, 1.54) is 17.8 Å². The van der Waals surface area contributed by atoms with Gasteiger partial charge < -0.3 is 9.67 Å². The van der Waals surface area contributed by atoms with Crippen molar-refractivity contribution in [2.24, 2.45) is 7.05 Å². The lowest BCUT2D eigenvalue weighted by Gasteiger charge is -2.11. The number of aliphatic hydroxyl groups excluding tert-OH is 1. The summed E-state index contributed by atoms with van der Waals surface area (Å²) >= 11 is 1.47. The molecule has 0 unspecified atom stereocenters. The SMILES string of the molecule is CSc1ccc(Cc2c(C(=O)NOC[C@H](C)O)n(C)c3ccncc23)c(F)c1. The maximum Gasteiger partial charge on any atom is 0.291 e. The number of aliphatic hydroxyl groups is 1. The lowest BCUT2D eigenvalue weighted by atomic mass is 10.0. The number of carbonyl (C=O) groups is 1. The number of amides is 1. The van der Waals surface area contributed by atoms with Gasteiger partial charge in [0, 0.05) is 36.1 Å². The molecule has 6 nitrogen and oxygen atoms in total. The fraction of sp³-hybridized carbons (Fsp3) is 0.300. The van der Waals surface area contributed by atoms with E-state index in [4.69, 9.17) is 4.84 Å². The van der Waals surface area contributed by atoms with Gasteiger partial charge in [-0.05, 0) is 42.5 Å². The Morgan fingerprint density at radius 3 is 2.89 bits per heavy atom. The highest BCUT2D eigenvalue weighted by molar-refractivity contribution is 7.98. The fourth-order valence-electron chi connectivity index (χ4n) is 3.10. The number of carbonyl (C=O) groups excluding carboxylic acids is 1. The zero-order chi connectivity index (χ0) is 20.3. The van der Waals surface area contributed by atoms with E-state index in [2.05, 4.69) is 10.5 Å². The lowest BCUT2D eigenvalue weighted by Crippen LogP contribution is -2.29. The number of hydroxylamine groups is 1. The van der Waals surface area contributed by atoms with E-state index in [0.29, 0.717) is 16.8 Å². The molecular formula is C20H22FN3O3S. The molecule has 28 heavy (non-hydrogen) atoms. The number of pyridine rings is 1. The Morgan fingerprint density at radius 2 is 2.21 bits per heavy atom. The van der Waals surface area contributed by atoms with Crippen molar-refractivity contribution in [2.75, 3.05) is 12.9 Å². The van der Waals surface area contributed by atoms with Crippen molar-refractivity contribution in [1.29, 1.82) is 0 Å². The molecule has 0 fully saturated rings. The summed E-state index contributed by atoms with van der Waals surface area (Å²) in [6, 6.07) is 6.90. The number of aromatic nitrogens is 2. The van der Waals surface area contributed by atoms with Crippen LogP contribution < -0.4 is 5.48 Å². The van der Waals surface area contributed by atoms with Gasteiger partial charge in [-0.3, -0.25) is 14.6 Å². The van der Waals surface area contributed by atoms with Crippen LogP contribution in [0.4, 0.5) is 4.39 Å². The predicted octanol–water partition coefficient (Wildman–Crippen LogP) is 3.07. The number of hydrogen-bond donors (Lipinski definition) is 2. The molecule has 2 N–H and O–H groups in total. The second-order valence-corrected chi connectivity index (χ2v) is 7.38. The lowest BCUT2D eigenvalue weighted by molar-refractivity contribution is -0.00729. The molecule has 0 saturated heterocycles. The second kappa shape index (κ2) is 8.72. The topological polar surface area (TPSA) is 76.4 Å². The number of aryl methyl sites for hydroxylation is 1. The summed E-state index contributed by atoms with van der Waals surface area (Å²) in [6.07, 6.45) is 4.74. The molecule has 0 aliphatic rings. The van der Waals surface area contributed by atoms with Gasteiger partial charge >= 0.3 is 0 Å². The van der Waals surface area contributed by atoms with Crippen LogP contribution >= 0.6 is 11.8 Å². The summed E-state index contributed by atoms with van der Waals surface area (Å²) in [5, 5.41) is 10.1. The van der Waals surface area contributed by atoms with E-state index < -0.39 is 12.0 Å². The maximum absolute atomic E-state index is 14.6. The third kappa shape index (κ3) is 4.19. The van der Waals surface area contributed by atoms with Gasteiger partial charge in [0.25, 0.3) is 5.91 Å². The first-order chi connectivity index (χ1) is 13.4. The third-order valence-electron chi connectivity index (χ3n) is 4.44. The van der Waals surface area contributed by atoms with Gasteiger partial charge in [-0.1, -0.05) is 6.07 Å². The van der Waals surface area contributed by atoms with Crippen LogP contribution in [0, 0.1) is 5.82 Å². The Balaban J connectivity index is 2.01. The van der Waals surface area contributed by atoms with E-state index in [1.807, 2.05) is 12.3 Å². The zero-order valence-electron chi connectivity index (χ0n) is 15.9. The molecule has 0 bridgehead atoms. The molecule has 0 saturated carbocycles. The summed E-state index contributed by atoms with van der Waals surface area (Å²) in [5.41, 5.74) is 4.69. The highest BCUT2D eigenvalue weighted by Gasteiger charge is 2.22. The molecule has 0 aliphatic heterocycles. The first-order valence-corrected chi connectivity index (χ1v) is 9.98. The summed E-state index contributed by atoms with van der Waals surface area (Å²) in [5.74, 6) is -0.778. The molecule has 0 spiro atoms. The van der Waals surface area contributed by atoms with Crippen molar-refractivity contribution in [3.05, 3.63) is 59.3 Å². The highest BCUT2D eigenvalue weighted by Crippen LogP contribution is 2.29. The normalized spacial score (nSPS) is 12.3. The number of thioether (sulfide) groups is 1.